The number of nitro benzene ring substituents is 1. The summed E-state index contributed by atoms with van der Waals surface area (Å²) in [5.74, 6) is -0.0586. The molecule has 0 atom stereocenters. The first-order chi connectivity index (χ1) is 13.0. The zero-order valence-electron chi connectivity index (χ0n) is 15.4. The lowest BCUT2D eigenvalue weighted by Crippen LogP contribution is -2.47. The third-order valence-electron chi connectivity index (χ3n) is 4.67. The average Bonchev–Trinajstić information content (AvgIpc) is 2.67. The number of amides is 1. The van der Waals surface area contributed by atoms with Gasteiger partial charge in [0.05, 0.1) is 4.92 Å². The minimum Gasteiger partial charge on any atom is -0.337 e. The van der Waals surface area contributed by atoms with Crippen LogP contribution in [0.5, 0.6) is 0 Å². The van der Waals surface area contributed by atoms with E-state index in [9.17, 15) is 14.9 Å². The maximum Gasteiger partial charge on any atom is 0.270 e. The smallest absolute Gasteiger partial charge is 0.270 e. The number of hydrogen-bond donors (Lipinski definition) is 0. The monoisotopic (exact) mass is 365 g/mol. The second-order valence-electron chi connectivity index (χ2n) is 6.78. The van der Waals surface area contributed by atoms with Crippen molar-refractivity contribution in [3.8, 4) is 0 Å². The van der Waals surface area contributed by atoms with Gasteiger partial charge in [0.25, 0.3) is 5.69 Å². The molecule has 0 aromatic heterocycles. The van der Waals surface area contributed by atoms with Crippen molar-refractivity contribution in [3.05, 3.63) is 81.4 Å². The molecule has 2 aromatic rings. The van der Waals surface area contributed by atoms with E-state index in [2.05, 4.69) is 36.1 Å². The number of carbonyl (C=O) groups excluding carboxylic acids is 1. The Morgan fingerprint density at radius 3 is 2.56 bits per heavy atom. The first-order valence-corrected chi connectivity index (χ1v) is 9.00. The molecular weight excluding hydrogens is 342 g/mol. The van der Waals surface area contributed by atoms with Crippen LogP contribution in [-0.4, -0.2) is 46.8 Å². The highest BCUT2D eigenvalue weighted by Gasteiger charge is 2.19. The largest absolute Gasteiger partial charge is 0.337 e. The molecule has 0 N–H and O–H groups in total. The highest BCUT2D eigenvalue weighted by Crippen LogP contribution is 2.15. The van der Waals surface area contributed by atoms with Gasteiger partial charge in [-0.05, 0) is 24.1 Å². The quantitative estimate of drug-likeness (QED) is 0.463. The number of carbonyl (C=O) groups is 1. The number of rotatable bonds is 5. The van der Waals surface area contributed by atoms with Gasteiger partial charge in [-0.1, -0.05) is 42.0 Å². The van der Waals surface area contributed by atoms with Crippen LogP contribution >= 0.6 is 0 Å². The summed E-state index contributed by atoms with van der Waals surface area (Å²) in [5.41, 5.74) is 3.22. The summed E-state index contributed by atoms with van der Waals surface area (Å²) in [7, 11) is 0. The Labute approximate surface area is 158 Å². The van der Waals surface area contributed by atoms with Crippen LogP contribution in [0.15, 0.2) is 54.6 Å². The fourth-order valence-corrected chi connectivity index (χ4v) is 3.21. The fourth-order valence-electron chi connectivity index (χ4n) is 3.21. The van der Waals surface area contributed by atoms with Crippen LogP contribution in [0.1, 0.15) is 16.7 Å². The van der Waals surface area contributed by atoms with Gasteiger partial charge in [0.2, 0.25) is 5.91 Å². The van der Waals surface area contributed by atoms with E-state index in [0.29, 0.717) is 18.7 Å². The number of nitro groups is 1. The van der Waals surface area contributed by atoms with Crippen molar-refractivity contribution in [2.24, 2.45) is 0 Å². The molecule has 3 rings (SSSR count). The van der Waals surface area contributed by atoms with Gasteiger partial charge in [0, 0.05) is 50.9 Å². The third kappa shape index (κ3) is 5.24. The number of nitrogens with zero attached hydrogens (tertiary/aromatic N) is 3. The molecule has 2 aromatic carbocycles. The molecule has 1 heterocycles. The highest BCUT2D eigenvalue weighted by atomic mass is 16.6. The molecule has 1 aliphatic heterocycles. The van der Waals surface area contributed by atoms with E-state index < -0.39 is 4.92 Å². The van der Waals surface area contributed by atoms with E-state index in [-0.39, 0.29) is 11.6 Å². The van der Waals surface area contributed by atoms with Crippen LogP contribution < -0.4 is 0 Å². The van der Waals surface area contributed by atoms with Gasteiger partial charge >= 0.3 is 0 Å². The van der Waals surface area contributed by atoms with E-state index in [4.69, 9.17) is 0 Å². The fraction of sp³-hybridized carbons (Fsp3) is 0.286. The molecule has 1 saturated heterocycles. The Hall–Kier alpha value is -2.99. The number of hydrogen-bond acceptors (Lipinski definition) is 4. The summed E-state index contributed by atoms with van der Waals surface area (Å²) in [6.07, 6.45) is 3.13. The normalized spacial score (nSPS) is 15.2. The zero-order chi connectivity index (χ0) is 19.2. The van der Waals surface area contributed by atoms with Crippen molar-refractivity contribution in [2.45, 2.75) is 13.5 Å². The van der Waals surface area contributed by atoms with Crippen molar-refractivity contribution in [2.75, 3.05) is 26.2 Å². The lowest BCUT2D eigenvalue weighted by molar-refractivity contribution is -0.384. The minimum absolute atomic E-state index is 0.0226. The van der Waals surface area contributed by atoms with E-state index >= 15 is 0 Å². The van der Waals surface area contributed by atoms with Gasteiger partial charge in [0.15, 0.2) is 0 Å². The molecule has 1 fully saturated rings. The summed E-state index contributed by atoms with van der Waals surface area (Å²) in [5, 5.41) is 10.8. The minimum atomic E-state index is -0.438. The molecule has 140 valence electrons. The second-order valence-corrected chi connectivity index (χ2v) is 6.78. The molecule has 0 saturated carbocycles. The Morgan fingerprint density at radius 1 is 1.11 bits per heavy atom. The number of piperazine rings is 1. The standard InChI is InChI=1S/C21H23N3O3/c1-17-4-2-6-19(14-17)16-22-10-12-23(13-11-22)21(25)9-8-18-5-3-7-20(15-18)24(26)27/h2-9,14-15H,10-13,16H2,1H3/b9-8+. The summed E-state index contributed by atoms with van der Waals surface area (Å²) in [6.45, 7) is 6.03. The van der Waals surface area contributed by atoms with Gasteiger partial charge in [-0.2, -0.15) is 0 Å². The topological polar surface area (TPSA) is 66.7 Å². The Bertz CT molecular complexity index is 855. The Morgan fingerprint density at radius 2 is 1.85 bits per heavy atom. The van der Waals surface area contributed by atoms with E-state index in [0.717, 1.165) is 19.6 Å². The molecule has 27 heavy (non-hydrogen) atoms. The maximum absolute atomic E-state index is 12.4. The lowest BCUT2D eigenvalue weighted by Gasteiger charge is -2.34. The van der Waals surface area contributed by atoms with Crippen LogP contribution in [0.4, 0.5) is 5.69 Å². The van der Waals surface area contributed by atoms with Gasteiger partial charge in [-0.25, -0.2) is 0 Å². The molecular formula is C21H23N3O3. The van der Waals surface area contributed by atoms with Crippen molar-refractivity contribution >= 4 is 17.7 Å². The first kappa shape index (κ1) is 18.8. The number of aryl methyl sites for hydroxylation is 1. The van der Waals surface area contributed by atoms with Gasteiger partial charge in [0.1, 0.15) is 0 Å². The molecule has 0 unspecified atom stereocenters. The molecule has 6 nitrogen and oxygen atoms in total. The van der Waals surface area contributed by atoms with Crippen molar-refractivity contribution in [1.82, 2.24) is 9.80 Å². The van der Waals surface area contributed by atoms with Crippen LogP contribution in [0.25, 0.3) is 6.08 Å². The van der Waals surface area contributed by atoms with Gasteiger partial charge in [-0.3, -0.25) is 19.8 Å². The van der Waals surface area contributed by atoms with Gasteiger partial charge in [-0.15, -0.1) is 0 Å². The van der Waals surface area contributed by atoms with Crippen molar-refractivity contribution in [1.29, 1.82) is 0 Å². The molecule has 1 amide bonds. The summed E-state index contributed by atoms with van der Waals surface area (Å²) >= 11 is 0. The molecule has 0 aliphatic carbocycles. The van der Waals surface area contributed by atoms with Crippen molar-refractivity contribution in [3.63, 3.8) is 0 Å². The Balaban J connectivity index is 1.52. The third-order valence-corrected chi connectivity index (χ3v) is 4.67. The summed E-state index contributed by atoms with van der Waals surface area (Å²) < 4.78 is 0. The van der Waals surface area contributed by atoms with Crippen LogP contribution in [-0.2, 0) is 11.3 Å². The molecule has 0 spiro atoms. The molecule has 6 heteroatoms. The lowest BCUT2D eigenvalue weighted by atomic mass is 10.1. The second kappa shape index (κ2) is 8.60. The number of non-ortho nitro benzene ring substituents is 1. The SMILES string of the molecule is Cc1cccc(CN2CCN(C(=O)/C=C/c3cccc([N+](=O)[O-])c3)CC2)c1. The van der Waals surface area contributed by atoms with Crippen molar-refractivity contribution < 1.29 is 9.72 Å². The molecule has 0 bridgehead atoms. The summed E-state index contributed by atoms with van der Waals surface area (Å²) in [6, 6.07) is 14.8. The van der Waals surface area contributed by atoms with E-state index in [1.807, 2.05) is 4.90 Å². The first-order valence-electron chi connectivity index (χ1n) is 9.00. The van der Waals surface area contributed by atoms with Crippen LogP contribution in [0.2, 0.25) is 0 Å². The van der Waals surface area contributed by atoms with Crippen LogP contribution in [0.3, 0.4) is 0 Å². The zero-order valence-corrected chi connectivity index (χ0v) is 15.4. The number of benzene rings is 2. The van der Waals surface area contributed by atoms with E-state index in [1.165, 1.54) is 29.3 Å². The predicted octanol–water partition coefficient (Wildman–Crippen LogP) is 3.26. The molecule has 0 radical (unpaired) electrons. The van der Waals surface area contributed by atoms with Gasteiger partial charge < -0.3 is 4.90 Å². The predicted molar refractivity (Wildman–Crippen MR) is 105 cm³/mol. The summed E-state index contributed by atoms with van der Waals surface area (Å²) in [4.78, 5) is 26.9. The molecule has 1 aliphatic rings. The maximum atomic E-state index is 12.4. The average molecular weight is 365 g/mol. The van der Waals surface area contributed by atoms with E-state index in [1.54, 1.807) is 18.2 Å². The Kier molecular flexibility index (Phi) is 5.98. The van der Waals surface area contributed by atoms with Crippen LogP contribution in [0, 0.1) is 17.0 Å². The highest BCUT2D eigenvalue weighted by molar-refractivity contribution is 5.91.